The third-order valence-electron chi connectivity index (χ3n) is 2.43. The van der Waals surface area contributed by atoms with Gasteiger partial charge in [0.1, 0.15) is 6.61 Å². The number of carbonyl (C=O) groups is 2. The fourth-order valence-electron chi connectivity index (χ4n) is 1.35. The van der Waals surface area contributed by atoms with E-state index in [0.717, 1.165) is 12.8 Å². The summed E-state index contributed by atoms with van der Waals surface area (Å²) in [6.07, 6.45) is 1.80. The highest BCUT2D eigenvalue weighted by atomic mass is 31.2. The van der Waals surface area contributed by atoms with Gasteiger partial charge in [0.25, 0.3) is 0 Å². The van der Waals surface area contributed by atoms with Crippen LogP contribution >= 0.6 is 7.82 Å². The number of ether oxygens (including phenoxy) is 2. The van der Waals surface area contributed by atoms with Crippen molar-refractivity contribution in [2.45, 2.75) is 52.1 Å². The van der Waals surface area contributed by atoms with E-state index in [0.29, 0.717) is 6.42 Å². The van der Waals surface area contributed by atoms with Crippen molar-refractivity contribution in [2.75, 3.05) is 13.2 Å². The molecule has 0 aliphatic rings. The first kappa shape index (κ1) is 20.1. The molecule has 0 aromatic heterocycles. The van der Waals surface area contributed by atoms with Gasteiger partial charge in [-0.15, -0.1) is 0 Å². The Bertz CT molecular complexity index is 364. The normalized spacial score (nSPS) is 12.8. The SMILES string of the molecule is CCCCCC(=O)O[C@H](COC(=O)CC)COP(=O)(O)O. The molecule has 0 aliphatic heterocycles. The molecule has 9 heteroatoms. The van der Waals surface area contributed by atoms with Crippen LogP contribution in [-0.4, -0.2) is 41.0 Å². The van der Waals surface area contributed by atoms with Gasteiger partial charge in [-0.1, -0.05) is 26.7 Å². The summed E-state index contributed by atoms with van der Waals surface area (Å²) >= 11 is 0. The summed E-state index contributed by atoms with van der Waals surface area (Å²) in [5, 5.41) is 0. The second kappa shape index (κ2) is 10.7. The Morgan fingerprint density at radius 2 is 1.76 bits per heavy atom. The van der Waals surface area contributed by atoms with Gasteiger partial charge in [0.15, 0.2) is 6.10 Å². The first-order valence-electron chi connectivity index (χ1n) is 6.83. The number of hydrogen-bond acceptors (Lipinski definition) is 6. The number of esters is 2. The van der Waals surface area contributed by atoms with Gasteiger partial charge in [-0.3, -0.25) is 14.1 Å². The van der Waals surface area contributed by atoms with E-state index in [1.54, 1.807) is 6.92 Å². The summed E-state index contributed by atoms with van der Waals surface area (Å²) in [4.78, 5) is 39.9. The van der Waals surface area contributed by atoms with E-state index in [1.807, 2.05) is 6.92 Å². The smallest absolute Gasteiger partial charge is 0.462 e. The van der Waals surface area contributed by atoms with Crippen LogP contribution in [0, 0.1) is 0 Å². The highest BCUT2D eigenvalue weighted by Gasteiger charge is 2.22. The Balaban J connectivity index is 4.31. The minimum absolute atomic E-state index is 0.149. The number of unbranched alkanes of at least 4 members (excludes halogenated alkanes) is 2. The Labute approximate surface area is 124 Å². The van der Waals surface area contributed by atoms with Gasteiger partial charge in [-0.25, -0.2) is 4.57 Å². The van der Waals surface area contributed by atoms with E-state index in [9.17, 15) is 14.2 Å². The Kier molecular flexibility index (Phi) is 10.2. The first-order valence-corrected chi connectivity index (χ1v) is 8.36. The molecule has 0 aromatic carbocycles. The summed E-state index contributed by atoms with van der Waals surface area (Å²) in [7, 11) is -4.68. The summed E-state index contributed by atoms with van der Waals surface area (Å²) in [5.74, 6) is -1.02. The molecule has 0 rings (SSSR count). The van der Waals surface area contributed by atoms with Gasteiger partial charge in [-0.2, -0.15) is 0 Å². The predicted octanol–water partition coefficient (Wildman–Crippen LogP) is 1.54. The number of phosphoric acid groups is 1. The van der Waals surface area contributed by atoms with E-state index >= 15 is 0 Å². The molecule has 0 amide bonds. The minimum atomic E-state index is -4.68. The van der Waals surface area contributed by atoms with Crippen LogP contribution in [-0.2, 0) is 28.2 Å². The Morgan fingerprint density at radius 3 is 2.29 bits per heavy atom. The molecule has 1 atom stereocenters. The third-order valence-corrected chi connectivity index (χ3v) is 2.92. The molecule has 124 valence electrons. The fraction of sp³-hybridized carbons (Fsp3) is 0.833. The van der Waals surface area contributed by atoms with Crippen molar-refractivity contribution in [3.63, 3.8) is 0 Å². The van der Waals surface area contributed by atoms with E-state index < -0.39 is 32.5 Å². The van der Waals surface area contributed by atoms with Crippen LogP contribution in [0.1, 0.15) is 46.0 Å². The molecule has 0 heterocycles. The van der Waals surface area contributed by atoms with E-state index in [1.165, 1.54) is 0 Å². The first-order chi connectivity index (χ1) is 9.78. The molecular formula is C12H23O8P. The number of rotatable bonds is 11. The number of carbonyl (C=O) groups excluding carboxylic acids is 2. The molecular weight excluding hydrogens is 303 g/mol. The molecule has 0 unspecified atom stereocenters. The van der Waals surface area contributed by atoms with Crippen molar-refractivity contribution in [2.24, 2.45) is 0 Å². The molecule has 0 aliphatic carbocycles. The van der Waals surface area contributed by atoms with Crippen LogP contribution in [0.4, 0.5) is 0 Å². The molecule has 0 aromatic rings. The van der Waals surface area contributed by atoms with Gasteiger partial charge in [0.05, 0.1) is 6.61 Å². The molecule has 2 N–H and O–H groups in total. The molecule has 21 heavy (non-hydrogen) atoms. The third kappa shape index (κ3) is 12.5. The standard InChI is InChI=1S/C12H23O8P/c1-3-5-6-7-12(14)20-10(8-18-11(13)4-2)9-19-21(15,16)17/h10H,3-9H2,1-2H3,(H2,15,16,17)/t10-/m1/s1. The van der Waals surface area contributed by atoms with Crippen molar-refractivity contribution in [1.82, 2.24) is 0 Å². The minimum Gasteiger partial charge on any atom is -0.462 e. The van der Waals surface area contributed by atoms with Crippen LogP contribution in [0.25, 0.3) is 0 Å². The van der Waals surface area contributed by atoms with Crippen molar-refractivity contribution in [3.8, 4) is 0 Å². The molecule has 0 fully saturated rings. The lowest BCUT2D eigenvalue weighted by Gasteiger charge is -2.18. The molecule has 0 spiro atoms. The monoisotopic (exact) mass is 326 g/mol. The van der Waals surface area contributed by atoms with Crippen molar-refractivity contribution in [1.29, 1.82) is 0 Å². The number of phosphoric ester groups is 1. The molecule has 0 saturated carbocycles. The zero-order chi connectivity index (χ0) is 16.3. The second-order valence-electron chi connectivity index (χ2n) is 4.39. The highest BCUT2D eigenvalue weighted by Crippen LogP contribution is 2.35. The molecule has 8 nitrogen and oxygen atoms in total. The van der Waals surface area contributed by atoms with Crippen molar-refractivity contribution in [3.05, 3.63) is 0 Å². The maximum atomic E-state index is 11.6. The van der Waals surface area contributed by atoms with Crippen molar-refractivity contribution >= 4 is 19.8 Å². The van der Waals surface area contributed by atoms with Crippen LogP contribution < -0.4 is 0 Å². The quantitative estimate of drug-likeness (QED) is 0.333. The molecule has 0 radical (unpaired) electrons. The van der Waals surface area contributed by atoms with Crippen LogP contribution in [0.3, 0.4) is 0 Å². The zero-order valence-electron chi connectivity index (χ0n) is 12.3. The summed E-state index contributed by atoms with van der Waals surface area (Å²) < 4.78 is 24.7. The van der Waals surface area contributed by atoms with Crippen LogP contribution in [0.5, 0.6) is 0 Å². The largest absolute Gasteiger partial charge is 0.469 e. The van der Waals surface area contributed by atoms with Gasteiger partial charge in [0, 0.05) is 12.8 Å². The Morgan fingerprint density at radius 1 is 1.10 bits per heavy atom. The van der Waals surface area contributed by atoms with E-state index in [-0.39, 0.29) is 19.4 Å². The Hall–Kier alpha value is -0.950. The maximum Gasteiger partial charge on any atom is 0.469 e. The van der Waals surface area contributed by atoms with Gasteiger partial charge < -0.3 is 19.3 Å². The summed E-state index contributed by atoms with van der Waals surface area (Å²) in [6.45, 7) is 2.75. The lowest BCUT2D eigenvalue weighted by molar-refractivity contribution is -0.161. The lowest BCUT2D eigenvalue weighted by Crippen LogP contribution is -2.29. The fourth-order valence-corrected chi connectivity index (χ4v) is 1.71. The topological polar surface area (TPSA) is 119 Å². The van der Waals surface area contributed by atoms with E-state index in [4.69, 9.17) is 19.3 Å². The van der Waals surface area contributed by atoms with Crippen molar-refractivity contribution < 1.29 is 37.9 Å². The maximum absolute atomic E-state index is 11.6. The lowest BCUT2D eigenvalue weighted by atomic mass is 10.2. The van der Waals surface area contributed by atoms with Gasteiger partial charge in [0.2, 0.25) is 0 Å². The number of hydrogen-bond donors (Lipinski definition) is 2. The van der Waals surface area contributed by atoms with Crippen LogP contribution in [0.2, 0.25) is 0 Å². The second-order valence-corrected chi connectivity index (χ2v) is 5.63. The highest BCUT2D eigenvalue weighted by molar-refractivity contribution is 7.46. The summed E-state index contributed by atoms with van der Waals surface area (Å²) in [6, 6.07) is 0. The molecule has 0 saturated heterocycles. The predicted molar refractivity (Wildman–Crippen MR) is 73.3 cm³/mol. The van der Waals surface area contributed by atoms with Gasteiger partial charge >= 0.3 is 19.8 Å². The van der Waals surface area contributed by atoms with E-state index in [2.05, 4.69) is 4.52 Å². The zero-order valence-corrected chi connectivity index (χ0v) is 13.2. The summed E-state index contributed by atoms with van der Waals surface area (Å²) in [5.41, 5.74) is 0. The molecule has 0 bridgehead atoms. The average Bonchev–Trinajstić information content (AvgIpc) is 2.40. The average molecular weight is 326 g/mol. The van der Waals surface area contributed by atoms with Gasteiger partial charge in [-0.05, 0) is 6.42 Å². The van der Waals surface area contributed by atoms with Crippen LogP contribution in [0.15, 0.2) is 0 Å².